The van der Waals surface area contributed by atoms with E-state index in [1.807, 2.05) is 25.1 Å². The minimum Gasteiger partial charge on any atom is -0.534 e. The van der Waals surface area contributed by atoms with E-state index in [1.54, 1.807) is 5.38 Å². The van der Waals surface area contributed by atoms with Crippen LogP contribution in [-0.4, -0.2) is 47.8 Å². The third-order valence-electron chi connectivity index (χ3n) is 3.98. The highest BCUT2D eigenvalue weighted by atomic mass is 32.1. The number of nitrogens with one attached hydrogen (secondary N) is 1. The maximum atomic E-state index is 12.7. The summed E-state index contributed by atoms with van der Waals surface area (Å²) in [6.45, 7) is 2.30. The van der Waals surface area contributed by atoms with E-state index in [1.165, 1.54) is 11.3 Å². The highest BCUT2D eigenvalue weighted by Crippen LogP contribution is 2.29. The van der Waals surface area contributed by atoms with Gasteiger partial charge in [-0.3, -0.25) is 4.79 Å². The molecule has 27 heavy (non-hydrogen) atoms. The lowest BCUT2D eigenvalue weighted by molar-refractivity contribution is -0.115. The van der Waals surface area contributed by atoms with Gasteiger partial charge < -0.3 is 31.3 Å². The maximum Gasteiger partial charge on any atom is 0.547 e. The molecule has 142 valence electrons. The minimum absolute atomic E-state index is 0.0429. The first-order valence-corrected chi connectivity index (χ1v) is 9.23. The van der Waals surface area contributed by atoms with Crippen LogP contribution in [0, 0.1) is 6.92 Å². The number of para-hydroxylation sites is 1. The number of aromatic nitrogens is 1. The quantitative estimate of drug-likeness (QED) is 0.233. The molecule has 0 unspecified atom stereocenters. The van der Waals surface area contributed by atoms with Crippen molar-refractivity contribution in [3.63, 3.8) is 0 Å². The number of hydrogen-bond acceptors (Lipinski definition) is 9. The van der Waals surface area contributed by atoms with Crippen LogP contribution >= 0.6 is 11.3 Å². The van der Waals surface area contributed by atoms with Crippen LogP contribution in [0.4, 0.5) is 5.13 Å². The smallest absolute Gasteiger partial charge is 0.534 e. The number of rotatable bonds is 6. The van der Waals surface area contributed by atoms with E-state index in [4.69, 9.17) is 21.0 Å². The van der Waals surface area contributed by atoms with Crippen LogP contribution in [0.25, 0.3) is 0 Å². The second kappa shape index (κ2) is 8.38. The molecule has 2 heterocycles. The molecule has 1 amide bonds. The Kier molecular flexibility index (Phi) is 5.94. The van der Waals surface area contributed by atoms with Crippen molar-refractivity contribution < 1.29 is 19.3 Å². The largest absolute Gasteiger partial charge is 0.547 e. The molecule has 0 saturated carbocycles. The van der Waals surface area contributed by atoms with Crippen molar-refractivity contribution in [3.05, 3.63) is 40.4 Å². The highest BCUT2D eigenvalue weighted by Gasteiger charge is 2.37. The first kappa shape index (κ1) is 19.1. The van der Waals surface area contributed by atoms with Crippen molar-refractivity contribution in [1.82, 2.24) is 10.3 Å². The molecule has 0 fully saturated rings. The maximum absolute atomic E-state index is 12.7. The topological polar surface area (TPSA) is 145 Å². The zero-order chi connectivity index (χ0) is 19.4. The van der Waals surface area contributed by atoms with E-state index in [0.29, 0.717) is 17.3 Å². The Hall–Kier alpha value is -2.63. The van der Waals surface area contributed by atoms with Crippen LogP contribution in [0.3, 0.4) is 0 Å². The zero-order valence-electron chi connectivity index (χ0n) is 14.7. The van der Waals surface area contributed by atoms with E-state index < -0.39 is 19.0 Å². The predicted octanol–water partition coefficient (Wildman–Crippen LogP) is -0.147. The molecule has 1 atom stereocenters. The van der Waals surface area contributed by atoms with Crippen molar-refractivity contribution in [2.45, 2.75) is 19.3 Å². The summed E-state index contributed by atoms with van der Waals surface area (Å²) in [6.07, 6.45) is 0.417. The van der Waals surface area contributed by atoms with Gasteiger partial charge in [-0.2, -0.15) is 0 Å². The molecule has 0 aliphatic carbocycles. The summed E-state index contributed by atoms with van der Waals surface area (Å²) in [5.74, 6) is -0.563. The Morgan fingerprint density at radius 2 is 2.41 bits per heavy atom. The number of carbonyl (C=O) groups is 1. The molecular weight excluding hydrogens is 369 g/mol. The van der Waals surface area contributed by atoms with Gasteiger partial charge in [-0.05, 0) is 24.5 Å². The fourth-order valence-corrected chi connectivity index (χ4v) is 3.25. The summed E-state index contributed by atoms with van der Waals surface area (Å²) in [7, 11) is -1.19. The van der Waals surface area contributed by atoms with Gasteiger partial charge in [0.25, 0.3) is 5.91 Å². The van der Waals surface area contributed by atoms with E-state index in [9.17, 15) is 9.82 Å². The second-order valence-corrected chi connectivity index (χ2v) is 6.88. The summed E-state index contributed by atoms with van der Waals surface area (Å²) in [6, 6.07) is 5.70. The highest BCUT2D eigenvalue weighted by molar-refractivity contribution is 7.13. The number of aryl methyl sites for hydroxylation is 1. The summed E-state index contributed by atoms with van der Waals surface area (Å²) in [5, 5.41) is 18.8. The van der Waals surface area contributed by atoms with Gasteiger partial charge in [-0.25, -0.2) is 4.98 Å². The van der Waals surface area contributed by atoms with Gasteiger partial charge in [-0.1, -0.05) is 23.4 Å². The normalized spacial score (nSPS) is 16.5. The molecule has 0 radical (unpaired) electrons. The fourth-order valence-electron chi connectivity index (χ4n) is 2.71. The van der Waals surface area contributed by atoms with E-state index in [2.05, 4.69) is 15.5 Å². The van der Waals surface area contributed by atoms with Crippen molar-refractivity contribution in [1.29, 1.82) is 0 Å². The number of carbonyl (C=O) groups excluding carboxylic acids is 1. The summed E-state index contributed by atoms with van der Waals surface area (Å²) >= 11 is 1.18. The Bertz CT molecular complexity index is 859. The molecular formula is C16H20BN5O4S. The fraction of sp³-hybridized carbons (Fsp3) is 0.312. The van der Waals surface area contributed by atoms with Gasteiger partial charge in [0.15, 0.2) is 10.8 Å². The number of thiazole rings is 1. The van der Waals surface area contributed by atoms with Gasteiger partial charge in [0, 0.05) is 11.9 Å². The lowest BCUT2D eigenvalue weighted by Crippen LogP contribution is -2.54. The molecule has 11 heteroatoms. The number of anilines is 1. The Morgan fingerprint density at radius 3 is 3.11 bits per heavy atom. The predicted molar refractivity (Wildman–Crippen MR) is 103 cm³/mol. The third-order valence-corrected chi connectivity index (χ3v) is 4.65. The average molecular weight is 389 g/mol. The lowest BCUT2D eigenvalue weighted by Gasteiger charge is -2.29. The SMILES string of the molecule is Cc1cccc2c1OB(O)[C@@H](NC(=O)/C(=N\OCCN)c1csc(N)n1)C2. The number of fused-ring (bicyclic) bond motifs is 1. The van der Waals surface area contributed by atoms with Crippen LogP contribution in [0.15, 0.2) is 28.7 Å². The van der Waals surface area contributed by atoms with E-state index in [0.717, 1.165) is 11.1 Å². The van der Waals surface area contributed by atoms with Gasteiger partial charge in [0.05, 0.1) is 5.94 Å². The van der Waals surface area contributed by atoms with E-state index >= 15 is 0 Å². The molecule has 0 spiro atoms. The van der Waals surface area contributed by atoms with Crippen LogP contribution in [0.2, 0.25) is 0 Å². The molecule has 1 aliphatic heterocycles. The standard InChI is InChI=1S/C16H20BN5O4S/c1-9-3-2-4-10-7-12(17(24)26-14(9)10)21-15(23)13(22-25-6-5-18)11-8-27-16(19)20-11/h2-4,8,12,24H,5-7,18H2,1H3,(H2,19,20)(H,21,23)/b22-13-/t12-/m0/s1. The number of nitrogens with two attached hydrogens (primary N) is 2. The first-order chi connectivity index (χ1) is 13.0. The molecule has 6 N–H and O–H groups in total. The number of hydrogen-bond donors (Lipinski definition) is 4. The van der Waals surface area contributed by atoms with Crippen LogP contribution in [0.5, 0.6) is 5.75 Å². The Balaban J connectivity index is 1.78. The molecule has 1 aromatic carbocycles. The zero-order valence-corrected chi connectivity index (χ0v) is 15.5. The van der Waals surface area contributed by atoms with Crippen LogP contribution in [0.1, 0.15) is 16.8 Å². The van der Waals surface area contributed by atoms with Gasteiger partial charge >= 0.3 is 7.12 Å². The molecule has 0 saturated heterocycles. The molecule has 2 aromatic rings. The minimum atomic E-state index is -1.19. The summed E-state index contributed by atoms with van der Waals surface area (Å²) in [5.41, 5.74) is 13.1. The summed E-state index contributed by atoms with van der Waals surface area (Å²) < 4.78 is 5.58. The number of amides is 1. The van der Waals surface area contributed by atoms with Crippen LogP contribution < -0.4 is 21.4 Å². The summed E-state index contributed by atoms with van der Waals surface area (Å²) in [4.78, 5) is 21.9. The number of benzene rings is 1. The lowest BCUT2D eigenvalue weighted by atomic mass is 9.72. The third kappa shape index (κ3) is 4.38. The van der Waals surface area contributed by atoms with Crippen molar-refractivity contribution in [2.24, 2.45) is 10.9 Å². The van der Waals surface area contributed by atoms with Gasteiger partial charge in [0.1, 0.15) is 18.1 Å². The molecule has 1 aromatic heterocycles. The van der Waals surface area contributed by atoms with Crippen molar-refractivity contribution >= 4 is 35.2 Å². The second-order valence-electron chi connectivity index (χ2n) is 5.99. The number of oxime groups is 1. The molecule has 9 nitrogen and oxygen atoms in total. The Labute approximate surface area is 160 Å². The molecule has 1 aliphatic rings. The average Bonchev–Trinajstić information content (AvgIpc) is 3.06. The molecule has 0 bridgehead atoms. The monoisotopic (exact) mass is 389 g/mol. The number of nitrogen functional groups attached to an aromatic ring is 1. The van der Waals surface area contributed by atoms with Crippen LogP contribution in [-0.2, 0) is 16.1 Å². The first-order valence-electron chi connectivity index (χ1n) is 8.35. The van der Waals surface area contributed by atoms with Crippen molar-refractivity contribution in [3.8, 4) is 5.75 Å². The van der Waals surface area contributed by atoms with Gasteiger partial charge in [0.2, 0.25) is 0 Å². The van der Waals surface area contributed by atoms with Gasteiger partial charge in [-0.15, -0.1) is 11.3 Å². The number of nitrogens with zero attached hydrogens (tertiary/aromatic N) is 2. The Morgan fingerprint density at radius 1 is 1.59 bits per heavy atom. The van der Waals surface area contributed by atoms with Crippen molar-refractivity contribution in [2.75, 3.05) is 18.9 Å². The van der Waals surface area contributed by atoms with E-state index in [-0.39, 0.29) is 24.6 Å². The molecule has 3 rings (SSSR count).